The Kier molecular flexibility index (Phi) is 7.68. The van der Waals surface area contributed by atoms with Crippen LogP contribution >= 0.6 is 0 Å². The van der Waals surface area contributed by atoms with Crippen LogP contribution in [0.1, 0.15) is 36.1 Å². The molecular weight excluding hydrogens is 414 g/mol. The van der Waals surface area contributed by atoms with Gasteiger partial charge in [0.1, 0.15) is 24.7 Å². The van der Waals surface area contributed by atoms with E-state index >= 15 is 0 Å². The maximum absolute atomic E-state index is 11.1. The molecule has 1 aromatic heterocycles. The van der Waals surface area contributed by atoms with Gasteiger partial charge in [-0.25, -0.2) is 0 Å². The van der Waals surface area contributed by atoms with Crippen molar-refractivity contribution in [3.05, 3.63) is 77.6 Å². The molecule has 0 unspecified atom stereocenters. The number of hydrogen-bond donors (Lipinski definition) is 1. The molecule has 3 aromatic rings. The summed E-state index contributed by atoms with van der Waals surface area (Å²) >= 11 is 0. The smallest absolute Gasteiger partial charge is 0.119 e. The topological polar surface area (TPSA) is 59.8 Å². The summed E-state index contributed by atoms with van der Waals surface area (Å²) < 4.78 is 13.7. The van der Waals surface area contributed by atoms with E-state index in [4.69, 9.17) is 9.47 Å². The van der Waals surface area contributed by atoms with Crippen LogP contribution in [-0.4, -0.2) is 51.7 Å². The summed E-state index contributed by atoms with van der Waals surface area (Å²) in [5.74, 6) is 1.69. The zero-order valence-electron chi connectivity index (χ0n) is 19.7. The van der Waals surface area contributed by atoms with E-state index in [0.717, 1.165) is 56.2 Å². The van der Waals surface area contributed by atoms with Gasteiger partial charge >= 0.3 is 0 Å². The summed E-state index contributed by atoms with van der Waals surface area (Å²) in [5.41, 5.74) is 2.70. The minimum Gasteiger partial charge on any atom is -0.492 e. The second kappa shape index (κ2) is 10.9. The van der Waals surface area contributed by atoms with E-state index in [1.54, 1.807) is 0 Å². The molecule has 1 atom stereocenters. The van der Waals surface area contributed by atoms with Crippen molar-refractivity contribution in [1.29, 1.82) is 0 Å². The molecule has 0 amide bonds. The van der Waals surface area contributed by atoms with Gasteiger partial charge < -0.3 is 14.6 Å². The Morgan fingerprint density at radius 2 is 1.64 bits per heavy atom. The average Bonchev–Trinajstić information content (AvgIpc) is 3.14. The van der Waals surface area contributed by atoms with Crippen molar-refractivity contribution in [3.63, 3.8) is 0 Å². The molecule has 6 nitrogen and oxygen atoms in total. The Labute approximate surface area is 196 Å². The van der Waals surface area contributed by atoms with Gasteiger partial charge in [0.05, 0.1) is 17.8 Å². The second-order valence-corrected chi connectivity index (χ2v) is 9.17. The van der Waals surface area contributed by atoms with Crippen LogP contribution in [0.5, 0.6) is 11.5 Å². The predicted octanol–water partition coefficient (Wildman–Crippen LogP) is 4.37. The largest absolute Gasteiger partial charge is 0.492 e. The van der Waals surface area contributed by atoms with Crippen molar-refractivity contribution < 1.29 is 14.6 Å². The average molecular weight is 450 g/mol. The summed E-state index contributed by atoms with van der Waals surface area (Å²) in [6.45, 7) is 8.43. The highest BCUT2D eigenvalue weighted by molar-refractivity contribution is 5.27. The fraction of sp³-hybridized carbons (Fsp3) is 0.444. The molecule has 2 heterocycles. The molecule has 1 N–H and O–H groups in total. The number of ether oxygens (including phenoxy) is 2. The molecule has 1 aliphatic rings. The van der Waals surface area contributed by atoms with Crippen LogP contribution in [0.15, 0.2) is 60.8 Å². The second-order valence-electron chi connectivity index (χ2n) is 9.17. The van der Waals surface area contributed by atoms with Gasteiger partial charge in [-0.15, -0.1) is 0 Å². The summed E-state index contributed by atoms with van der Waals surface area (Å²) in [7, 11) is 0. The SMILES string of the molecule is Cc1ccc(OC[C@@]2(O)CCCN(Cc3ccc(OCCn4ccc(C)n4)cc3)CC2)cc1. The zero-order chi connectivity index (χ0) is 23.1. The van der Waals surface area contributed by atoms with Crippen LogP contribution in [0, 0.1) is 13.8 Å². The van der Waals surface area contributed by atoms with Crippen molar-refractivity contribution in [2.45, 2.75) is 51.8 Å². The Hall–Kier alpha value is -2.83. The molecule has 176 valence electrons. The molecule has 0 bridgehead atoms. The number of aliphatic hydroxyl groups is 1. The Balaban J connectivity index is 1.21. The van der Waals surface area contributed by atoms with Gasteiger partial charge in [0.25, 0.3) is 0 Å². The van der Waals surface area contributed by atoms with E-state index in [2.05, 4.69) is 29.1 Å². The van der Waals surface area contributed by atoms with Gasteiger partial charge in [-0.05, 0) is 75.5 Å². The standard InChI is InChI=1S/C27H35N3O3/c1-22-4-8-26(9-5-22)33-21-27(31)13-3-15-29(17-14-27)20-24-6-10-25(11-7-24)32-19-18-30-16-12-23(2)28-30/h4-12,16,31H,3,13-15,17-21H2,1-2H3/t27-/m1/s1. The van der Waals surface area contributed by atoms with Gasteiger partial charge in [-0.3, -0.25) is 9.58 Å². The van der Waals surface area contributed by atoms with Crippen molar-refractivity contribution in [3.8, 4) is 11.5 Å². The number of aromatic nitrogens is 2. The molecule has 1 saturated heterocycles. The summed E-state index contributed by atoms with van der Waals surface area (Å²) in [5, 5.41) is 15.5. The van der Waals surface area contributed by atoms with Crippen LogP contribution in [0.3, 0.4) is 0 Å². The Morgan fingerprint density at radius 3 is 2.36 bits per heavy atom. The summed E-state index contributed by atoms with van der Waals surface area (Å²) in [4.78, 5) is 2.42. The lowest BCUT2D eigenvalue weighted by Gasteiger charge is -2.27. The maximum Gasteiger partial charge on any atom is 0.119 e. The minimum atomic E-state index is -0.773. The monoisotopic (exact) mass is 449 g/mol. The molecule has 1 fully saturated rings. The lowest BCUT2D eigenvalue weighted by Crippen LogP contribution is -2.37. The van der Waals surface area contributed by atoms with Crippen LogP contribution in [0.25, 0.3) is 0 Å². The highest BCUT2D eigenvalue weighted by Crippen LogP contribution is 2.25. The van der Waals surface area contributed by atoms with E-state index < -0.39 is 5.60 Å². The number of likely N-dealkylation sites (tertiary alicyclic amines) is 1. The molecule has 0 spiro atoms. The van der Waals surface area contributed by atoms with Gasteiger partial charge in [0.2, 0.25) is 0 Å². The van der Waals surface area contributed by atoms with Crippen molar-refractivity contribution in [2.24, 2.45) is 0 Å². The first-order chi connectivity index (χ1) is 16.0. The highest BCUT2D eigenvalue weighted by atomic mass is 16.5. The Morgan fingerprint density at radius 1 is 0.909 bits per heavy atom. The maximum atomic E-state index is 11.1. The number of nitrogens with zero attached hydrogens (tertiary/aromatic N) is 3. The van der Waals surface area contributed by atoms with E-state index in [9.17, 15) is 5.11 Å². The molecule has 6 heteroatoms. The normalized spacial score (nSPS) is 19.2. The van der Waals surface area contributed by atoms with Gasteiger partial charge in [0, 0.05) is 19.3 Å². The third-order valence-electron chi connectivity index (χ3n) is 6.23. The quantitative estimate of drug-likeness (QED) is 0.526. The van der Waals surface area contributed by atoms with Crippen molar-refractivity contribution in [1.82, 2.24) is 14.7 Å². The van der Waals surface area contributed by atoms with E-state index in [1.165, 1.54) is 11.1 Å². The van der Waals surface area contributed by atoms with Crippen LogP contribution < -0.4 is 9.47 Å². The fourth-order valence-electron chi connectivity index (χ4n) is 4.18. The first-order valence-electron chi connectivity index (χ1n) is 11.8. The minimum absolute atomic E-state index is 0.341. The third-order valence-corrected chi connectivity index (χ3v) is 6.23. The molecule has 1 aliphatic heterocycles. The molecule has 33 heavy (non-hydrogen) atoms. The molecule has 0 radical (unpaired) electrons. The molecule has 0 aliphatic carbocycles. The van der Waals surface area contributed by atoms with E-state index in [0.29, 0.717) is 19.6 Å². The predicted molar refractivity (Wildman–Crippen MR) is 130 cm³/mol. The molecule has 4 rings (SSSR count). The zero-order valence-corrected chi connectivity index (χ0v) is 19.7. The molecule has 2 aromatic carbocycles. The van der Waals surface area contributed by atoms with Gasteiger partial charge in [-0.2, -0.15) is 5.10 Å². The van der Waals surface area contributed by atoms with Crippen molar-refractivity contribution >= 4 is 0 Å². The molecular formula is C27H35N3O3. The lowest BCUT2D eigenvalue weighted by molar-refractivity contribution is -0.0168. The molecule has 0 saturated carbocycles. The highest BCUT2D eigenvalue weighted by Gasteiger charge is 2.31. The van der Waals surface area contributed by atoms with E-state index in [-0.39, 0.29) is 0 Å². The Bertz CT molecular complexity index is 1000. The first-order valence-corrected chi connectivity index (χ1v) is 11.8. The number of rotatable bonds is 9. The number of aryl methyl sites for hydroxylation is 2. The number of benzene rings is 2. The summed E-state index contributed by atoms with van der Waals surface area (Å²) in [6, 6.07) is 18.3. The lowest BCUT2D eigenvalue weighted by atomic mass is 9.96. The summed E-state index contributed by atoms with van der Waals surface area (Å²) in [6.07, 6.45) is 4.41. The van der Waals surface area contributed by atoms with E-state index in [1.807, 2.05) is 60.3 Å². The fourth-order valence-corrected chi connectivity index (χ4v) is 4.18. The van der Waals surface area contributed by atoms with Crippen molar-refractivity contribution in [2.75, 3.05) is 26.3 Å². The van der Waals surface area contributed by atoms with Crippen LogP contribution in [0.2, 0.25) is 0 Å². The number of hydrogen-bond acceptors (Lipinski definition) is 5. The van der Waals surface area contributed by atoms with Crippen LogP contribution in [-0.2, 0) is 13.1 Å². The first kappa shape index (κ1) is 23.3. The van der Waals surface area contributed by atoms with Gasteiger partial charge in [-0.1, -0.05) is 29.8 Å². The van der Waals surface area contributed by atoms with Crippen LogP contribution in [0.4, 0.5) is 0 Å². The third kappa shape index (κ3) is 7.07. The van der Waals surface area contributed by atoms with Gasteiger partial charge in [0.15, 0.2) is 0 Å².